The van der Waals surface area contributed by atoms with Crippen molar-refractivity contribution in [1.29, 1.82) is 0 Å². The molecule has 2 atom stereocenters. The van der Waals surface area contributed by atoms with E-state index in [-0.39, 0.29) is 12.1 Å². The zero-order valence-corrected chi connectivity index (χ0v) is 17.1. The summed E-state index contributed by atoms with van der Waals surface area (Å²) in [7, 11) is 0. The molecular formula is C22H35N3O2. The van der Waals surface area contributed by atoms with E-state index in [1.54, 1.807) is 0 Å². The Morgan fingerprint density at radius 1 is 1.11 bits per heavy atom. The highest BCUT2D eigenvalue weighted by Crippen LogP contribution is 2.25. The second-order valence-electron chi connectivity index (χ2n) is 8.96. The molecule has 0 unspecified atom stereocenters. The number of carbonyl (C=O) groups is 1. The summed E-state index contributed by atoms with van der Waals surface area (Å²) in [5.74, 6) is 0. The number of rotatable bonds is 4. The molecule has 1 amide bonds. The van der Waals surface area contributed by atoms with Crippen molar-refractivity contribution in [2.75, 3.05) is 26.2 Å². The molecule has 2 aliphatic rings. The third-order valence-corrected chi connectivity index (χ3v) is 5.54. The van der Waals surface area contributed by atoms with Gasteiger partial charge in [0.25, 0.3) is 0 Å². The summed E-state index contributed by atoms with van der Waals surface area (Å²) in [4.78, 5) is 17.2. The van der Waals surface area contributed by atoms with Crippen LogP contribution in [-0.2, 0) is 11.3 Å². The van der Waals surface area contributed by atoms with E-state index in [1.807, 2.05) is 20.8 Å². The average Bonchev–Trinajstić information content (AvgIpc) is 2.62. The molecule has 3 rings (SSSR count). The van der Waals surface area contributed by atoms with Crippen molar-refractivity contribution in [1.82, 2.24) is 15.1 Å². The standard InChI is InChI=1S/C22H35N3O2/c1-22(2,3)27-21(26)23-19-10-7-11-20(16-19)25-14-12-24(13-15-25)17-18-8-5-4-6-9-18/h4-6,8-9,19-20H,7,10-17H2,1-3H3,(H,23,26)/t19-,20+/m0/s1. The van der Waals surface area contributed by atoms with Crippen LogP contribution in [0.5, 0.6) is 0 Å². The van der Waals surface area contributed by atoms with Crippen molar-refractivity contribution in [2.24, 2.45) is 0 Å². The van der Waals surface area contributed by atoms with E-state index in [9.17, 15) is 4.79 Å². The molecule has 27 heavy (non-hydrogen) atoms. The number of benzene rings is 1. The Bertz CT molecular complexity index is 591. The molecule has 5 heteroatoms. The highest BCUT2D eigenvalue weighted by atomic mass is 16.6. The molecule has 0 radical (unpaired) electrons. The fourth-order valence-corrected chi connectivity index (χ4v) is 4.23. The fourth-order valence-electron chi connectivity index (χ4n) is 4.23. The Labute approximate surface area is 164 Å². The van der Waals surface area contributed by atoms with Crippen molar-refractivity contribution in [3.8, 4) is 0 Å². The molecule has 1 N–H and O–H groups in total. The van der Waals surface area contributed by atoms with Gasteiger partial charge in [-0.2, -0.15) is 0 Å². The van der Waals surface area contributed by atoms with Gasteiger partial charge in [0.05, 0.1) is 0 Å². The molecule has 1 aromatic carbocycles. The van der Waals surface area contributed by atoms with Crippen molar-refractivity contribution >= 4 is 6.09 Å². The van der Waals surface area contributed by atoms with Crippen molar-refractivity contribution < 1.29 is 9.53 Å². The molecule has 1 saturated carbocycles. The highest BCUT2D eigenvalue weighted by Gasteiger charge is 2.30. The summed E-state index contributed by atoms with van der Waals surface area (Å²) < 4.78 is 5.42. The van der Waals surface area contributed by atoms with Gasteiger partial charge in [-0.15, -0.1) is 0 Å². The van der Waals surface area contributed by atoms with Crippen LogP contribution in [0.1, 0.15) is 52.0 Å². The molecule has 1 heterocycles. The van der Waals surface area contributed by atoms with E-state index in [4.69, 9.17) is 4.74 Å². The summed E-state index contributed by atoms with van der Waals surface area (Å²) in [6.45, 7) is 11.3. The maximum atomic E-state index is 12.1. The lowest BCUT2D eigenvalue weighted by molar-refractivity contribution is 0.0428. The maximum absolute atomic E-state index is 12.1. The largest absolute Gasteiger partial charge is 0.444 e. The minimum atomic E-state index is -0.437. The van der Waals surface area contributed by atoms with E-state index >= 15 is 0 Å². The Balaban J connectivity index is 1.43. The van der Waals surface area contributed by atoms with Crippen LogP contribution >= 0.6 is 0 Å². The minimum absolute atomic E-state index is 0.237. The third-order valence-electron chi connectivity index (χ3n) is 5.54. The highest BCUT2D eigenvalue weighted by molar-refractivity contribution is 5.68. The van der Waals surface area contributed by atoms with Crippen molar-refractivity contribution in [3.63, 3.8) is 0 Å². The molecule has 0 spiro atoms. The van der Waals surface area contributed by atoms with E-state index < -0.39 is 5.60 Å². The van der Waals surface area contributed by atoms with Gasteiger partial charge in [0.2, 0.25) is 0 Å². The Kier molecular flexibility index (Phi) is 6.77. The summed E-state index contributed by atoms with van der Waals surface area (Å²) in [6.07, 6.45) is 4.24. The minimum Gasteiger partial charge on any atom is -0.444 e. The maximum Gasteiger partial charge on any atom is 0.407 e. The Hall–Kier alpha value is -1.59. The first-order valence-corrected chi connectivity index (χ1v) is 10.4. The van der Waals surface area contributed by atoms with E-state index in [2.05, 4.69) is 45.4 Å². The van der Waals surface area contributed by atoms with Crippen LogP contribution in [0.3, 0.4) is 0 Å². The number of nitrogens with one attached hydrogen (secondary N) is 1. The van der Waals surface area contributed by atoms with Crippen LogP contribution in [0.2, 0.25) is 0 Å². The number of piperazine rings is 1. The number of ether oxygens (including phenoxy) is 1. The second-order valence-corrected chi connectivity index (χ2v) is 8.96. The SMILES string of the molecule is CC(C)(C)OC(=O)N[C@H]1CCC[C@@H](N2CCN(Cc3ccccc3)CC2)C1. The van der Waals surface area contributed by atoms with Crippen molar-refractivity contribution in [2.45, 2.75) is 70.7 Å². The fraction of sp³-hybridized carbons (Fsp3) is 0.682. The van der Waals surface area contributed by atoms with E-state index in [0.29, 0.717) is 6.04 Å². The van der Waals surface area contributed by atoms with Gasteiger partial charge in [0.15, 0.2) is 0 Å². The van der Waals surface area contributed by atoms with Gasteiger partial charge in [-0.05, 0) is 52.0 Å². The van der Waals surface area contributed by atoms with Crippen LogP contribution in [0.4, 0.5) is 4.79 Å². The quantitative estimate of drug-likeness (QED) is 0.875. The van der Waals surface area contributed by atoms with Crippen LogP contribution in [0.15, 0.2) is 30.3 Å². The van der Waals surface area contributed by atoms with Crippen LogP contribution in [-0.4, -0.2) is 59.8 Å². The van der Waals surface area contributed by atoms with Crippen LogP contribution in [0.25, 0.3) is 0 Å². The van der Waals surface area contributed by atoms with Gasteiger partial charge in [-0.25, -0.2) is 4.79 Å². The topological polar surface area (TPSA) is 44.8 Å². The first kappa shape index (κ1) is 20.2. The van der Waals surface area contributed by atoms with Gasteiger partial charge in [-0.3, -0.25) is 9.80 Å². The van der Waals surface area contributed by atoms with Gasteiger partial charge < -0.3 is 10.1 Å². The van der Waals surface area contributed by atoms with Crippen LogP contribution < -0.4 is 5.32 Å². The van der Waals surface area contributed by atoms with E-state index in [0.717, 1.165) is 45.6 Å². The number of nitrogens with zero attached hydrogens (tertiary/aromatic N) is 2. The normalized spacial score (nSPS) is 25.1. The zero-order valence-electron chi connectivity index (χ0n) is 17.1. The molecule has 5 nitrogen and oxygen atoms in total. The molecule has 1 aliphatic heterocycles. The monoisotopic (exact) mass is 373 g/mol. The first-order valence-electron chi connectivity index (χ1n) is 10.4. The molecule has 1 aromatic rings. The number of alkyl carbamates (subject to hydrolysis) is 1. The molecule has 2 fully saturated rings. The number of hydrogen-bond acceptors (Lipinski definition) is 4. The predicted octanol–water partition coefficient (Wildman–Crippen LogP) is 3.64. The lowest BCUT2D eigenvalue weighted by Crippen LogP contribution is -2.53. The first-order chi connectivity index (χ1) is 12.9. The van der Waals surface area contributed by atoms with E-state index in [1.165, 1.54) is 18.4 Å². The summed E-state index contributed by atoms with van der Waals surface area (Å²) >= 11 is 0. The summed E-state index contributed by atoms with van der Waals surface area (Å²) in [5.41, 5.74) is 0.956. The Morgan fingerprint density at radius 2 is 1.81 bits per heavy atom. The summed E-state index contributed by atoms with van der Waals surface area (Å²) in [6, 6.07) is 11.5. The second kappa shape index (κ2) is 9.07. The molecule has 1 saturated heterocycles. The molecule has 0 aromatic heterocycles. The van der Waals surface area contributed by atoms with Gasteiger partial charge >= 0.3 is 6.09 Å². The third kappa shape index (κ3) is 6.51. The Morgan fingerprint density at radius 3 is 2.48 bits per heavy atom. The number of carbonyl (C=O) groups excluding carboxylic acids is 1. The number of hydrogen-bond donors (Lipinski definition) is 1. The van der Waals surface area contributed by atoms with Gasteiger partial charge in [0.1, 0.15) is 5.60 Å². The smallest absolute Gasteiger partial charge is 0.407 e. The zero-order chi connectivity index (χ0) is 19.3. The van der Waals surface area contributed by atoms with Crippen LogP contribution in [0, 0.1) is 0 Å². The molecule has 150 valence electrons. The van der Waals surface area contributed by atoms with Gasteiger partial charge in [-0.1, -0.05) is 30.3 Å². The van der Waals surface area contributed by atoms with Gasteiger partial charge in [0, 0.05) is 44.8 Å². The molecule has 0 bridgehead atoms. The van der Waals surface area contributed by atoms with Crippen molar-refractivity contribution in [3.05, 3.63) is 35.9 Å². The molecular weight excluding hydrogens is 338 g/mol. The number of amides is 1. The predicted molar refractivity (Wildman–Crippen MR) is 109 cm³/mol. The lowest BCUT2D eigenvalue weighted by Gasteiger charge is -2.42. The molecule has 1 aliphatic carbocycles. The average molecular weight is 374 g/mol. The lowest BCUT2D eigenvalue weighted by atomic mass is 9.89. The summed E-state index contributed by atoms with van der Waals surface area (Å²) in [5, 5.41) is 3.09.